The number of benzene rings is 1. The van der Waals surface area contributed by atoms with Gasteiger partial charge in [-0.3, -0.25) is 14.5 Å². The van der Waals surface area contributed by atoms with Crippen molar-refractivity contribution in [2.45, 2.75) is 45.5 Å². The Bertz CT molecular complexity index is 1020. The van der Waals surface area contributed by atoms with E-state index in [1.807, 2.05) is 13.8 Å². The first-order chi connectivity index (χ1) is 16.0. The Morgan fingerprint density at radius 1 is 1.29 bits per heavy atom. The molecule has 2 N–H and O–H groups in total. The quantitative estimate of drug-likeness (QED) is 0.560. The summed E-state index contributed by atoms with van der Waals surface area (Å²) in [5, 5.41) is 5.29. The van der Waals surface area contributed by atoms with Crippen LogP contribution >= 0.6 is 0 Å². The fourth-order valence-electron chi connectivity index (χ4n) is 4.45. The topological polar surface area (TPSA) is 81.8 Å². The fraction of sp³-hybridized carbons (Fsp3) is 0.458. The number of hydrogen-bond donors (Lipinski definition) is 2. The molecular weight excluding hydrogens is 449 g/mol. The lowest BCUT2D eigenvalue weighted by atomic mass is 9.91. The minimum absolute atomic E-state index is 0.0427. The molecule has 34 heavy (non-hydrogen) atoms. The lowest BCUT2D eigenvalue weighted by Gasteiger charge is -2.33. The van der Waals surface area contributed by atoms with Crippen LogP contribution in [0, 0.1) is 5.92 Å². The lowest BCUT2D eigenvalue weighted by Crippen LogP contribution is -2.49. The van der Waals surface area contributed by atoms with Crippen LogP contribution in [0.2, 0.25) is 0 Å². The highest BCUT2D eigenvalue weighted by Crippen LogP contribution is 2.42. The van der Waals surface area contributed by atoms with Gasteiger partial charge in [-0.1, -0.05) is 38.1 Å². The molecule has 1 aromatic rings. The van der Waals surface area contributed by atoms with E-state index in [9.17, 15) is 27.6 Å². The van der Waals surface area contributed by atoms with E-state index >= 15 is 0 Å². The second-order valence-electron chi connectivity index (χ2n) is 8.68. The molecule has 4 amide bonds. The van der Waals surface area contributed by atoms with E-state index in [1.165, 1.54) is 34.1 Å². The van der Waals surface area contributed by atoms with Gasteiger partial charge in [-0.25, -0.2) is 4.79 Å². The van der Waals surface area contributed by atoms with Gasteiger partial charge in [-0.2, -0.15) is 13.2 Å². The summed E-state index contributed by atoms with van der Waals surface area (Å²) < 4.78 is 41.3. The summed E-state index contributed by atoms with van der Waals surface area (Å²) in [6.45, 7) is 9.50. The largest absolute Gasteiger partial charge is 0.416 e. The first-order valence-electron chi connectivity index (χ1n) is 11.2. The van der Waals surface area contributed by atoms with E-state index in [0.717, 1.165) is 6.07 Å². The first-order valence-corrected chi connectivity index (χ1v) is 11.2. The maximum atomic E-state index is 13.8. The van der Waals surface area contributed by atoms with E-state index < -0.39 is 35.8 Å². The lowest BCUT2D eigenvalue weighted by molar-refractivity contribution is -0.139. The van der Waals surface area contributed by atoms with Gasteiger partial charge >= 0.3 is 12.2 Å². The average Bonchev–Trinajstić information content (AvgIpc) is 3.11. The summed E-state index contributed by atoms with van der Waals surface area (Å²) in [7, 11) is 0. The van der Waals surface area contributed by atoms with Crippen molar-refractivity contribution in [2.75, 3.05) is 19.6 Å². The maximum absolute atomic E-state index is 13.8. The molecule has 0 spiro atoms. The normalized spacial score (nSPS) is 19.3. The molecule has 2 heterocycles. The van der Waals surface area contributed by atoms with Gasteiger partial charge < -0.3 is 15.5 Å². The Balaban J connectivity index is 2.08. The van der Waals surface area contributed by atoms with Crippen molar-refractivity contribution < 1.29 is 27.6 Å². The molecule has 0 unspecified atom stereocenters. The molecule has 0 saturated heterocycles. The molecule has 0 radical (unpaired) electrons. The summed E-state index contributed by atoms with van der Waals surface area (Å²) >= 11 is 0. The number of carbonyl (C=O) groups excluding carboxylic acids is 3. The van der Waals surface area contributed by atoms with Crippen LogP contribution in [0.4, 0.5) is 18.0 Å². The summed E-state index contributed by atoms with van der Waals surface area (Å²) in [6, 6.07) is 2.17. The minimum atomic E-state index is -4.67. The second-order valence-corrected chi connectivity index (χ2v) is 8.68. The van der Waals surface area contributed by atoms with Crippen LogP contribution < -0.4 is 10.6 Å². The molecule has 2 aliphatic heterocycles. The van der Waals surface area contributed by atoms with Gasteiger partial charge in [0.1, 0.15) is 6.04 Å². The average molecular weight is 479 g/mol. The Hall–Kier alpha value is -3.30. The van der Waals surface area contributed by atoms with Crippen LogP contribution in [0.15, 0.2) is 48.2 Å². The molecule has 2 atom stereocenters. The van der Waals surface area contributed by atoms with Crippen LogP contribution in [-0.2, 0) is 15.8 Å². The molecule has 3 rings (SSSR count). The number of carbonyl (C=O) groups is 3. The number of rotatable bonds is 8. The fourth-order valence-corrected chi connectivity index (χ4v) is 4.45. The maximum Gasteiger partial charge on any atom is 0.416 e. The summed E-state index contributed by atoms with van der Waals surface area (Å²) in [4.78, 5) is 42.1. The van der Waals surface area contributed by atoms with Gasteiger partial charge in [0.2, 0.25) is 5.91 Å². The van der Waals surface area contributed by atoms with Gasteiger partial charge in [0.05, 0.1) is 29.4 Å². The number of nitrogens with one attached hydrogen (secondary N) is 2. The Morgan fingerprint density at radius 3 is 2.56 bits per heavy atom. The van der Waals surface area contributed by atoms with Gasteiger partial charge in [-0.15, -0.1) is 6.58 Å². The van der Waals surface area contributed by atoms with Gasteiger partial charge in [0.25, 0.3) is 5.91 Å². The summed E-state index contributed by atoms with van der Waals surface area (Å²) in [5.41, 5.74) is -0.754. The molecule has 7 nitrogen and oxygen atoms in total. The summed E-state index contributed by atoms with van der Waals surface area (Å²) in [5.74, 6) is -0.875. The van der Waals surface area contributed by atoms with Gasteiger partial charge in [0.15, 0.2) is 0 Å². The minimum Gasteiger partial charge on any atom is -0.351 e. The highest BCUT2D eigenvalue weighted by Gasteiger charge is 2.48. The van der Waals surface area contributed by atoms with E-state index in [2.05, 4.69) is 17.2 Å². The number of likely N-dealkylation sites (N-methyl/N-ethyl adjacent to an activating group) is 1. The number of nitrogens with zero attached hydrogens (tertiary/aromatic N) is 2. The van der Waals surface area contributed by atoms with Crippen LogP contribution in [0.1, 0.15) is 44.4 Å². The van der Waals surface area contributed by atoms with Crippen LogP contribution in [0.25, 0.3) is 0 Å². The molecule has 1 aromatic carbocycles. The van der Waals surface area contributed by atoms with E-state index in [4.69, 9.17) is 0 Å². The standard InChI is InChI=1S/C24H29F3N4O3/c1-5-11-28-21(32)17(12-14(3)4)31-13-18-19(22(31)33)20(29-23(34)30(18)6-2)15-9-7-8-10-16(15)24(25,26)27/h5,7-10,14,17,20H,1,6,11-13H2,2-4H3,(H,28,32)(H,29,34)/t17-,20-/m1/s1. The summed E-state index contributed by atoms with van der Waals surface area (Å²) in [6.07, 6.45) is -2.80. The number of urea groups is 1. The van der Waals surface area contributed by atoms with Gasteiger partial charge in [0, 0.05) is 13.1 Å². The van der Waals surface area contributed by atoms with Gasteiger partial charge in [-0.05, 0) is 30.9 Å². The number of alkyl halides is 3. The third-order valence-electron chi connectivity index (χ3n) is 5.94. The van der Waals surface area contributed by atoms with Crippen molar-refractivity contribution >= 4 is 17.8 Å². The Kier molecular flexibility index (Phi) is 7.38. The van der Waals surface area contributed by atoms with E-state index in [0.29, 0.717) is 12.1 Å². The van der Waals surface area contributed by atoms with Crippen molar-refractivity contribution in [1.82, 2.24) is 20.4 Å². The smallest absolute Gasteiger partial charge is 0.351 e. The Morgan fingerprint density at radius 2 is 1.97 bits per heavy atom. The van der Waals surface area contributed by atoms with Crippen LogP contribution in [0.5, 0.6) is 0 Å². The molecule has 0 aliphatic carbocycles. The van der Waals surface area contributed by atoms with Crippen molar-refractivity contribution in [1.29, 1.82) is 0 Å². The molecule has 0 bridgehead atoms. The molecule has 184 valence electrons. The van der Waals surface area contributed by atoms with E-state index in [1.54, 1.807) is 6.92 Å². The van der Waals surface area contributed by atoms with E-state index in [-0.39, 0.29) is 42.6 Å². The highest BCUT2D eigenvalue weighted by molar-refractivity contribution is 6.03. The van der Waals surface area contributed by atoms with Crippen LogP contribution in [0.3, 0.4) is 0 Å². The molecule has 0 aromatic heterocycles. The third kappa shape index (κ3) is 4.80. The van der Waals surface area contributed by atoms with Crippen molar-refractivity contribution in [3.05, 3.63) is 59.3 Å². The number of amides is 4. The predicted molar refractivity (Wildman–Crippen MR) is 120 cm³/mol. The zero-order valence-corrected chi connectivity index (χ0v) is 19.4. The second kappa shape index (κ2) is 9.90. The molecule has 0 fully saturated rings. The molecular formula is C24H29F3N4O3. The number of halogens is 3. The molecule has 0 saturated carbocycles. The molecule has 10 heteroatoms. The number of hydrogen-bond acceptors (Lipinski definition) is 3. The zero-order valence-electron chi connectivity index (χ0n) is 19.4. The van der Waals surface area contributed by atoms with Crippen LogP contribution in [-0.4, -0.2) is 53.3 Å². The molecule has 2 aliphatic rings. The first kappa shape index (κ1) is 25.3. The van der Waals surface area contributed by atoms with Crippen molar-refractivity contribution in [3.63, 3.8) is 0 Å². The third-order valence-corrected chi connectivity index (χ3v) is 5.94. The highest BCUT2D eigenvalue weighted by atomic mass is 19.4. The Labute approximate surface area is 196 Å². The zero-order chi connectivity index (χ0) is 25.2. The SMILES string of the molecule is C=CCNC(=O)[C@@H](CC(C)C)N1CC2=C(C1=O)[C@@H](c1ccccc1C(F)(F)F)NC(=O)N2CC. The predicted octanol–water partition coefficient (Wildman–Crippen LogP) is 3.60. The van der Waals surface area contributed by atoms with Crippen molar-refractivity contribution in [3.8, 4) is 0 Å². The van der Waals surface area contributed by atoms with Crippen molar-refractivity contribution in [2.24, 2.45) is 5.92 Å². The monoisotopic (exact) mass is 478 g/mol.